The average molecular weight is 244 g/mol. The Bertz CT molecular complexity index is 386. The van der Waals surface area contributed by atoms with Gasteiger partial charge in [-0.1, -0.05) is 63.3 Å². The van der Waals surface area contributed by atoms with Gasteiger partial charge in [0.1, 0.15) is 0 Å². The molecule has 0 bridgehead atoms. The highest BCUT2D eigenvalue weighted by atomic mass is 16.5. The van der Waals surface area contributed by atoms with Gasteiger partial charge >= 0.3 is 0 Å². The maximum absolute atomic E-state index is 5.88. The molecule has 1 aromatic rings. The van der Waals surface area contributed by atoms with Crippen molar-refractivity contribution in [2.24, 2.45) is 11.3 Å². The van der Waals surface area contributed by atoms with E-state index < -0.39 is 0 Å². The smallest absolute Gasteiger partial charge is 0.0613 e. The van der Waals surface area contributed by atoms with E-state index in [4.69, 9.17) is 4.74 Å². The van der Waals surface area contributed by atoms with Gasteiger partial charge in [0.05, 0.1) is 12.7 Å². The van der Waals surface area contributed by atoms with Gasteiger partial charge < -0.3 is 4.74 Å². The van der Waals surface area contributed by atoms with Crippen molar-refractivity contribution in [3.05, 3.63) is 42.0 Å². The third-order valence-corrected chi connectivity index (χ3v) is 3.81. The molecule has 98 valence electrons. The third-order valence-electron chi connectivity index (χ3n) is 3.81. The summed E-state index contributed by atoms with van der Waals surface area (Å²) in [6, 6.07) is 10.4. The second-order valence-electron chi connectivity index (χ2n) is 6.30. The number of ether oxygens (including phenoxy) is 1. The molecule has 2 rings (SSSR count). The van der Waals surface area contributed by atoms with Gasteiger partial charge in [-0.2, -0.15) is 0 Å². The van der Waals surface area contributed by atoms with Crippen LogP contribution in [0.4, 0.5) is 0 Å². The minimum Gasteiger partial charge on any atom is -0.378 e. The highest BCUT2D eigenvalue weighted by Crippen LogP contribution is 2.36. The first-order valence-electron chi connectivity index (χ1n) is 6.89. The molecule has 0 aliphatic carbocycles. The first kappa shape index (κ1) is 13.4. The fourth-order valence-electron chi connectivity index (χ4n) is 2.39. The normalized spacial score (nSPS) is 24.8. The lowest BCUT2D eigenvalue weighted by Crippen LogP contribution is -2.20. The molecule has 0 spiro atoms. The summed E-state index contributed by atoms with van der Waals surface area (Å²) >= 11 is 0. The summed E-state index contributed by atoms with van der Waals surface area (Å²) in [5.74, 6) is 0.702. The predicted octanol–water partition coefficient (Wildman–Crippen LogP) is 4.54. The van der Waals surface area contributed by atoms with Crippen molar-refractivity contribution in [2.75, 3.05) is 6.61 Å². The van der Waals surface area contributed by atoms with Crippen LogP contribution < -0.4 is 0 Å². The van der Waals surface area contributed by atoms with E-state index in [2.05, 4.69) is 57.2 Å². The van der Waals surface area contributed by atoms with Crippen molar-refractivity contribution in [1.29, 1.82) is 0 Å². The average Bonchev–Trinajstić information content (AvgIpc) is 2.79. The first-order chi connectivity index (χ1) is 8.55. The van der Waals surface area contributed by atoms with E-state index in [9.17, 15) is 0 Å². The molecule has 0 N–H and O–H groups in total. The maximum Gasteiger partial charge on any atom is 0.0613 e. The van der Waals surface area contributed by atoms with Gasteiger partial charge in [0.15, 0.2) is 0 Å². The Kier molecular flexibility index (Phi) is 4.23. The fourth-order valence-corrected chi connectivity index (χ4v) is 2.39. The summed E-state index contributed by atoms with van der Waals surface area (Å²) in [6.07, 6.45) is 7.07. The summed E-state index contributed by atoms with van der Waals surface area (Å²) in [5, 5.41) is 0. The second kappa shape index (κ2) is 5.71. The lowest BCUT2D eigenvalue weighted by molar-refractivity contribution is 0.0987. The molecule has 2 atom stereocenters. The van der Waals surface area contributed by atoms with Crippen LogP contribution in [0.5, 0.6) is 0 Å². The second-order valence-corrected chi connectivity index (χ2v) is 6.30. The first-order valence-corrected chi connectivity index (χ1v) is 6.89. The molecule has 1 saturated heterocycles. The highest BCUT2D eigenvalue weighted by Gasteiger charge is 2.33. The molecule has 1 aliphatic heterocycles. The van der Waals surface area contributed by atoms with Crippen LogP contribution in [0, 0.1) is 11.3 Å². The summed E-state index contributed by atoms with van der Waals surface area (Å²) in [7, 11) is 0. The minimum absolute atomic E-state index is 0.373. The molecule has 1 aromatic carbocycles. The van der Waals surface area contributed by atoms with Crippen LogP contribution in [0.2, 0.25) is 0 Å². The summed E-state index contributed by atoms with van der Waals surface area (Å²) in [5.41, 5.74) is 1.64. The Hall–Kier alpha value is -1.08. The maximum atomic E-state index is 5.88. The predicted molar refractivity (Wildman–Crippen MR) is 77.4 cm³/mol. The van der Waals surface area contributed by atoms with Crippen molar-refractivity contribution in [2.45, 2.75) is 39.7 Å². The van der Waals surface area contributed by atoms with Crippen LogP contribution in [0.1, 0.15) is 39.2 Å². The Morgan fingerprint density at radius 2 is 1.94 bits per heavy atom. The quantitative estimate of drug-likeness (QED) is 0.758. The molecule has 0 saturated carbocycles. The molecular formula is C17H24O. The molecule has 1 aliphatic rings. The van der Waals surface area contributed by atoms with E-state index in [1.54, 1.807) is 0 Å². The number of benzene rings is 1. The van der Waals surface area contributed by atoms with E-state index in [1.807, 2.05) is 6.07 Å². The summed E-state index contributed by atoms with van der Waals surface area (Å²) in [4.78, 5) is 0. The minimum atomic E-state index is 0.373. The molecule has 18 heavy (non-hydrogen) atoms. The highest BCUT2D eigenvalue weighted by molar-refractivity contribution is 5.48. The van der Waals surface area contributed by atoms with Gasteiger partial charge in [-0.05, 0) is 29.7 Å². The van der Waals surface area contributed by atoms with Gasteiger partial charge in [0, 0.05) is 0 Å². The van der Waals surface area contributed by atoms with E-state index in [0.717, 1.165) is 13.0 Å². The Labute approximate surface area is 111 Å². The molecular weight excluding hydrogens is 220 g/mol. The van der Waals surface area contributed by atoms with Gasteiger partial charge in [-0.3, -0.25) is 0 Å². The van der Waals surface area contributed by atoms with Gasteiger partial charge in [-0.15, -0.1) is 0 Å². The molecule has 0 radical (unpaired) electrons. The number of hydrogen-bond acceptors (Lipinski definition) is 1. The lowest BCUT2D eigenvalue weighted by atomic mass is 9.79. The van der Waals surface area contributed by atoms with Gasteiger partial charge in [0.25, 0.3) is 0 Å². The van der Waals surface area contributed by atoms with Crippen molar-refractivity contribution < 1.29 is 4.74 Å². The Morgan fingerprint density at radius 3 is 2.56 bits per heavy atom. The standard InChI is InChI=1S/C17H24O/c1-17(2,3)15-12-16(18-13-15)11-7-10-14-8-5-4-6-9-14/h4-10,15-16H,11-13H2,1-3H3/b10-7+/t15-,16+/m0/s1. The molecule has 1 fully saturated rings. The van der Waals surface area contributed by atoms with Gasteiger partial charge in [-0.25, -0.2) is 0 Å². The molecule has 1 nitrogen and oxygen atoms in total. The summed E-state index contributed by atoms with van der Waals surface area (Å²) in [6.45, 7) is 7.85. The van der Waals surface area contributed by atoms with Crippen LogP contribution in [-0.2, 0) is 4.74 Å². The molecule has 1 heteroatoms. The van der Waals surface area contributed by atoms with E-state index >= 15 is 0 Å². The van der Waals surface area contributed by atoms with Crippen molar-refractivity contribution >= 4 is 6.08 Å². The SMILES string of the molecule is CC(C)(C)[C@@H]1CO[C@H](C/C=C/c2ccccc2)C1. The number of rotatable bonds is 3. The van der Waals surface area contributed by atoms with E-state index in [1.165, 1.54) is 12.0 Å². The largest absolute Gasteiger partial charge is 0.378 e. The van der Waals surface area contributed by atoms with Crippen molar-refractivity contribution in [3.63, 3.8) is 0 Å². The zero-order chi connectivity index (χ0) is 13.0. The van der Waals surface area contributed by atoms with Gasteiger partial charge in [0.2, 0.25) is 0 Å². The molecule has 1 heterocycles. The molecule has 0 aromatic heterocycles. The monoisotopic (exact) mass is 244 g/mol. The van der Waals surface area contributed by atoms with Crippen LogP contribution in [0.25, 0.3) is 6.08 Å². The van der Waals surface area contributed by atoms with E-state index in [-0.39, 0.29) is 0 Å². The van der Waals surface area contributed by atoms with Crippen LogP contribution >= 0.6 is 0 Å². The summed E-state index contributed by atoms with van der Waals surface area (Å²) < 4.78 is 5.88. The Balaban J connectivity index is 1.81. The van der Waals surface area contributed by atoms with Crippen LogP contribution in [-0.4, -0.2) is 12.7 Å². The zero-order valence-corrected chi connectivity index (χ0v) is 11.7. The lowest BCUT2D eigenvalue weighted by Gasteiger charge is -2.25. The third kappa shape index (κ3) is 3.71. The van der Waals surface area contributed by atoms with Crippen molar-refractivity contribution in [1.82, 2.24) is 0 Å². The van der Waals surface area contributed by atoms with Crippen molar-refractivity contribution in [3.8, 4) is 0 Å². The fraction of sp³-hybridized carbons (Fsp3) is 0.529. The molecule has 0 unspecified atom stereocenters. The van der Waals surface area contributed by atoms with Crippen LogP contribution in [0.15, 0.2) is 36.4 Å². The number of hydrogen-bond donors (Lipinski definition) is 0. The Morgan fingerprint density at radius 1 is 1.22 bits per heavy atom. The topological polar surface area (TPSA) is 9.23 Å². The van der Waals surface area contributed by atoms with Crippen LogP contribution in [0.3, 0.4) is 0 Å². The molecule has 0 amide bonds. The van der Waals surface area contributed by atoms with E-state index in [0.29, 0.717) is 17.4 Å². The zero-order valence-electron chi connectivity index (χ0n) is 11.7.